The summed E-state index contributed by atoms with van der Waals surface area (Å²) in [6.45, 7) is 4.97. The average Bonchev–Trinajstić information content (AvgIpc) is 2.98. The minimum Gasteiger partial charge on any atom is -0.462 e. The molecule has 1 aliphatic heterocycles. The van der Waals surface area contributed by atoms with Crippen molar-refractivity contribution in [3.8, 4) is 11.1 Å². The number of halogens is 1. The maximum Gasteiger partial charge on any atom is 0.341 e. The average molecular weight is 470 g/mol. The Balaban J connectivity index is 1.90. The molecule has 0 aromatic heterocycles. The number of aliphatic hydroxyl groups excluding tert-OH is 1. The molecule has 0 saturated carbocycles. The Kier molecular flexibility index (Phi) is 8.79. The number of ether oxygens (including phenoxy) is 1. The van der Waals surface area contributed by atoms with Crippen LogP contribution in [0.4, 0.5) is 10.1 Å². The molecular formula is C26H32FN3O4. The van der Waals surface area contributed by atoms with Crippen molar-refractivity contribution in [2.45, 2.75) is 39.3 Å². The zero-order chi connectivity index (χ0) is 24.7. The van der Waals surface area contributed by atoms with Crippen molar-refractivity contribution in [3.63, 3.8) is 0 Å². The number of amides is 1. The first-order valence-corrected chi connectivity index (χ1v) is 11.6. The quantitative estimate of drug-likeness (QED) is 0.483. The molecule has 7 nitrogen and oxygen atoms in total. The summed E-state index contributed by atoms with van der Waals surface area (Å²) in [6, 6.07) is 9.94. The maximum atomic E-state index is 14.5. The molecule has 1 unspecified atom stereocenters. The van der Waals surface area contributed by atoms with Crippen LogP contribution in [0.1, 0.15) is 49.0 Å². The number of hydrogen-bond donors (Lipinski definition) is 3. The van der Waals surface area contributed by atoms with Gasteiger partial charge in [-0.3, -0.25) is 4.79 Å². The van der Waals surface area contributed by atoms with Crippen molar-refractivity contribution in [1.82, 2.24) is 4.90 Å². The largest absolute Gasteiger partial charge is 0.462 e. The van der Waals surface area contributed by atoms with Gasteiger partial charge in [-0.05, 0) is 60.7 Å². The number of nitrogens with one attached hydrogen (secondary N) is 1. The molecule has 182 valence electrons. The second-order valence-corrected chi connectivity index (χ2v) is 8.21. The number of nitrogens with zero attached hydrogens (tertiary/aromatic N) is 1. The van der Waals surface area contributed by atoms with Crippen molar-refractivity contribution in [2.75, 3.05) is 31.6 Å². The molecular weight excluding hydrogens is 437 g/mol. The predicted molar refractivity (Wildman–Crippen MR) is 131 cm³/mol. The Labute approximate surface area is 199 Å². The first kappa shape index (κ1) is 25.4. The van der Waals surface area contributed by atoms with E-state index in [1.807, 2.05) is 31.2 Å². The minimum atomic E-state index is -0.695. The highest BCUT2D eigenvalue weighted by atomic mass is 19.1. The highest BCUT2D eigenvalue weighted by Gasteiger charge is 2.23. The summed E-state index contributed by atoms with van der Waals surface area (Å²) in [4.78, 5) is 26.8. The van der Waals surface area contributed by atoms with Crippen LogP contribution in [0.2, 0.25) is 0 Å². The second kappa shape index (κ2) is 11.8. The van der Waals surface area contributed by atoms with E-state index in [9.17, 15) is 14.0 Å². The van der Waals surface area contributed by atoms with Gasteiger partial charge in [0.25, 0.3) is 0 Å². The predicted octanol–water partition coefficient (Wildman–Crippen LogP) is 3.77. The van der Waals surface area contributed by atoms with E-state index in [0.717, 1.165) is 23.2 Å². The molecule has 2 aromatic rings. The van der Waals surface area contributed by atoms with Crippen molar-refractivity contribution >= 4 is 23.6 Å². The van der Waals surface area contributed by atoms with Crippen LogP contribution in [0, 0.1) is 5.82 Å². The van der Waals surface area contributed by atoms with Crippen LogP contribution in [0.25, 0.3) is 17.2 Å². The Morgan fingerprint density at radius 1 is 1.18 bits per heavy atom. The second-order valence-electron chi connectivity index (χ2n) is 8.21. The normalized spacial score (nSPS) is 15.0. The Hall–Kier alpha value is -3.23. The molecule has 2 aromatic carbocycles. The van der Waals surface area contributed by atoms with Gasteiger partial charge in [0, 0.05) is 37.4 Å². The smallest absolute Gasteiger partial charge is 0.341 e. The van der Waals surface area contributed by atoms with Gasteiger partial charge in [0.2, 0.25) is 5.91 Å². The van der Waals surface area contributed by atoms with Gasteiger partial charge in [-0.2, -0.15) is 0 Å². The fraction of sp³-hybridized carbons (Fsp3) is 0.385. The third-order valence-corrected chi connectivity index (χ3v) is 5.60. The Bertz CT molecular complexity index is 1070. The molecule has 0 saturated heterocycles. The van der Waals surface area contributed by atoms with Gasteiger partial charge in [-0.25, -0.2) is 9.18 Å². The third kappa shape index (κ3) is 6.01. The Morgan fingerprint density at radius 2 is 1.91 bits per heavy atom. The zero-order valence-electron chi connectivity index (χ0n) is 19.6. The van der Waals surface area contributed by atoms with Gasteiger partial charge in [0.15, 0.2) is 0 Å². The molecule has 0 aliphatic carbocycles. The molecule has 3 rings (SSSR count). The number of esters is 1. The SMILES string of the molecule is CCCN(CCCO)C(=O)C1=Cc2ccc(-c3ccc(C(=O)OCC)c(F)c3)cc2NC(N)C1. The molecule has 0 radical (unpaired) electrons. The fourth-order valence-electron chi connectivity index (χ4n) is 3.99. The standard InChI is InChI=1S/C26H32FN3O4/c1-3-10-30(11-5-12-31)25(32)20-13-19-7-6-18(15-23(19)29-24(28)16-20)17-8-9-21(22(27)14-17)26(33)34-4-2/h6-9,13-15,24,29,31H,3-5,10-12,16,28H2,1-2H3. The molecule has 1 aliphatic rings. The number of benzene rings is 2. The number of hydrogen-bond acceptors (Lipinski definition) is 6. The number of rotatable bonds is 9. The first-order valence-electron chi connectivity index (χ1n) is 11.6. The first-order chi connectivity index (χ1) is 16.4. The van der Waals surface area contributed by atoms with Gasteiger partial charge < -0.3 is 25.8 Å². The van der Waals surface area contributed by atoms with Crippen molar-refractivity contribution in [1.29, 1.82) is 0 Å². The number of carbonyl (C=O) groups is 2. The van der Waals surface area contributed by atoms with Crippen LogP contribution in [-0.2, 0) is 9.53 Å². The number of anilines is 1. The van der Waals surface area contributed by atoms with E-state index in [4.69, 9.17) is 15.6 Å². The number of fused-ring (bicyclic) bond motifs is 1. The van der Waals surface area contributed by atoms with E-state index < -0.39 is 18.0 Å². The number of aliphatic hydroxyl groups is 1. The molecule has 4 N–H and O–H groups in total. The summed E-state index contributed by atoms with van der Waals surface area (Å²) in [7, 11) is 0. The monoisotopic (exact) mass is 469 g/mol. The minimum absolute atomic E-state index is 0.0284. The maximum absolute atomic E-state index is 14.5. The molecule has 1 heterocycles. The summed E-state index contributed by atoms with van der Waals surface area (Å²) >= 11 is 0. The van der Waals surface area contributed by atoms with Crippen LogP contribution < -0.4 is 11.1 Å². The summed E-state index contributed by atoms with van der Waals surface area (Å²) in [5, 5.41) is 12.4. The summed E-state index contributed by atoms with van der Waals surface area (Å²) in [5.41, 5.74) is 9.65. The third-order valence-electron chi connectivity index (χ3n) is 5.60. The lowest BCUT2D eigenvalue weighted by atomic mass is 9.99. The van der Waals surface area contributed by atoms with Gasteiger partial charge >= 0.3 is 5.97 Å². The fourth-order valence-corrected chi connectivity index (χ4v) is 3.99. The van der Waals surface area contributed by atoms with Crippen LogP contribution in [0.15, 0.2) is 42.0 Å². The highest BCUT2D eigenvalue weighted by Crippen LogP contribution is 2.31. The number of nitrogens with two attached hydrogens (primary N) is 1. The molecule has 34 heavy (non-hydrogen) atoms. The Morgan fingerprint density at radius 3 is 2.59 bits per heavy atom. The van der Waals surface area contributed by atoms with Gasteiger partial charge in [0.05, 0.1) is 18.3 Å². The zero-order valence-corrected chi connectivity index (χ0v) is 19.6. The molecule has 1 atom stereocenters. The van der Waals surface area contributed by atoms with Crippen LogP contribution in [-0.4, -0.2) is 54.4 Å². The lowest BCUT2D eigenvalue weighted by Gasteiger charge is -2.24. The van der Waals surface area contributed by atoms with Crippen LogP contribution in [0.5, 0.6) is 0 Å². The summed E-state index contributed by atoms with van der Waals surface area (Å²) in [6.07, 6.45) is 3.06. The van der Waals surface area contributed by atoms with Gasteiger partial charge in [-0.1, -0.05) is 25.1 Å². The van der Waals surface area contributed by atoms with Crippen molar-refractivity contribution in [2.24, 2.45) is 5.73 Å². The number of carbonyl (C=O) groups excluding carboxylic acids is 2. The summed E-state index contributed by atoms with van der Waals surface area (Å²) in [5.74, 6) is -1.43. The molecule has 0 spiro atoms. The van der Waals surface area contributed by atoms with Gasteiger partial charge in [-0.15, -0.1) is 0 Å². The highest BCUT2D eigenvalue weighted by molar-refractivity contribution is 5.99. The molecule has 8 heteroatoms. The van der Waals surface area contributed by atoms with Crippen LogP contribution >= 0.6 is 0 Å². The van der Waals surface area contributed by atoms with Crippen molar-refractivity contribution < 1.29 is 23.8 Å². The van der Waals surface area contributed by atoms with E-state index in [0.29, 0.717) is 37.1 Å². The van der Waals surface area contributed by atoms with E-state index in [2.05, 4.69) is 5.32 Å². The topological polar surface area (TPSA) is 105 Å². The van der Waals surface area contributed by atoms with E-state index in [1.54, 1.807) is 17.9 Å². The van der Waals surface area contributed by atoms with E-state index in [1.165, 1.54) is 12.1 Å². The summed E-state index contributed by atoms with van der Waals surface area (Å²) < 4.78 is 19.4. The lowest BCUT2D eigenvalue weighted by molar-refractivity contribution is -0.127. The molecule has 0 fully saturated rings. The van der Waals surface area contributed by atoms with E-state index >= 15 is 0 Å². The van der Waals surface area contributed by atoms with Crippen LogP contribution in [0.3, 0.4) is 0 Å². The van der Waals surface area contributed by atoms with E-state index in [-0.39, 0.29) is 24.7 Å². The lowest BCUT2D eigenvalue weighted by Crippen LogP contribution is -2.37. The molecule has 1 amide bonds. The molecule has 0 bridgehead atoms. The van der Waals surface area contributed by atoms with Crippen molar-refractivity contribution in [3.05, 3.63) is 58.9 Å². The van der Waals surface area contributed by atoms with Gasteiger partial charge in [0.1, 0.15) is 5.82 Å².